The monoisotopic (exact) mass is 584 g/mol. The molecule has 0 spiro atoms. The Morgan fingerprint density at radius 2 is 1.63 bits per heavy atom. The number of phenols is 1. The first kappa shape index (κ1) is 30.9. The fourth-order valence-corrected chi connectivity index (χ4v) is 5.28. The van der Waals surface area contributed by atoms with Crippen molar-refractivity contribution in [2.75, 3.05) is 32.9 Å². The Morgan fingerprint density at radius 3 is 2.23 bits per heavy atom. The lowest BCUT2D eigenvalue weighted by molar-refractivity contribution is -0.137. The summed E-state index contributed by atoms with van der Waals surface area (Å²) in [4.78, 5) is 6.20. The summed E-state index contributed by atoms with van der Waals surface area (Å²) in [5.74, 6) is -1.38. The van der Waals surface area contributed by atoms with Crippen LogP contribution in [0, 0.1) is 11.7 Å². The predicted octanol–water partition coefficient (Wildman–Crippen LogP) is 1.30. The molecule has 14 heteroatoms. The second-order valence-electron chi connectivity index (χ2n) is 10.4. The van der Waals surface area contributed by atoms with Gasteiger partial charge in [-0.1, -0.05) is 27.9 Å². The predicted molar refractivity (Wildman–Crippen MR) is 157 cm³/mol. The van der Waals surface area contributed by atoms with Gasteiger partial charge >= 0.3 is 6.18 Å². The van der Waals surface area contributed by atoms with Crippen molar-refractivity contribution in [1.29, 1.82) is 0 Å². The lowest BCUT2D eigenvalue weighted by Gasteiger charge is -2.37. The lowest BCUT2D eigenvalue weighted by atomic mass is 9.64. The maximum absolute atomic E-state index is 15.2. The first-order valence-corrected chi connectivity index (χ1v) is 13.1. The Kier molecular flexibility index (Phi) is 8.55. The van der Waals surface area contributed by atoms with E-state index in [1.807, 2.05) is 4.90 Å². The largest absolute Gasteiger partial charge is 0.508 e. The molecule has 1 saturated heterocycles. The van der Waals surface area contributed by atoms with Crippen molar-refractivity contribution in [2.45, 2.75) is 12.3 Å². The van der Waals surface area contributed by atoms with Gasteiger partial charge in [-0.05, 0) is 29.8 Å². The van der Waals surface area contributed by atoms with Crippen molar-refractivity contribution in [2.24, 2.45) is 5.92 Å². The number of aromatic nitrogens is 1. The highest BCUT2D eigenvalue weighted by atomic mass is 19.4. The number of hydrogen-bond donors (Lipinski definition) is 2. The maximum atomic E-state index is 15.2. The summed E-state index contributed by atoms with van der Waals surface area (Å²) < 4.78 is 73.3. The van der Waals surface area contributed by atoms with E-state index >= 15 is 4.39 Å². The highest BCUT2D eigenvalue weighted by Crippen LogP contribution is 2.39. The third kappa shape index (κ3) is 5.87. The zero-order chi connectivity index (χ0) is 31.2. The van der Waals surface area contributed by atoms with E-state index in [0.717, 1.165) is 12.3 Å². The van der Waals surface area contributed by atoms with Crippen LogP contribution in [0.2, 0.25) is 0 Å². The fourth-order valence-electron chi connectivity index (χ4n) is 5.28. The second-order valence-corrected chi connectivity index (χ2v) is 10.4. The summed E-state index contributed by atoms with van der Waals surface area (Å²) in [6.07, 6.45) is -5.36. The third-order valence-electron chi connectivity index (χ3n) is 7.58. The number of aliphatic hydroxyl groups excluding tert-OH is 1. The van der Waals surface area contributed by atoms with Crippen molar-refractivity contribution < 1.29 is 36.9 Å². The SMILES string of the molecule is [B]c1c([B])c(C(O)c2c(-c3ccc(C(F)(F)F)cc3F)cnc3cc(O)ccc23)c([B])c([B])c1OCCN1CC(CF)C1. The van der Waals surface area contributed by atoms with Crippen molar-refractivity contribution >= 4 is 64.1 Å². The van der Waals surface area contributed by atoms with E-state index in [1.54, 1.807) is 0 Å². The van der Waals surface area contributed by atoms with Crippen LogP contribution in [0.25, 0.3) is 22.0 Å². The van der Waals surface area contributed by atoms with E-state index in [2.05, 4.69) is 4.98 Å². The number of nitrogens with zero attached hydrogens (tertiary/aromatic N) is 2. The molecule has 1 aromatic heterocycles. The van der Waals surface area contributed by atoms with E-state index in [-0.39, 0.29) is 79.0 Å². The number of hydrogen-bond acceptors (Lipinski definition) is 5. The number of pyridine rings is 1. The van der Waals surface area contributed by atoms with Gasteiger partial charge in [0.05, 0.1) is 17.8 Å². The molecule has 1 aliphatic rings. The molecular weight excluding hydrogens is 563 g/mol. The van der Waals surface area contributed by atoms with Crippen LogP contribution in [-0.2, 0) is 6.18 Å². The summed E-state index contributed by atoms with van der Waals surface area (Å²) in [7, 11) is 25.2. The summed E-state index contributed by atoms with van der Waals surface area (Å²) in [6, 6.07) is 5.97. The van der Waals surface area contributed by atoms with Crippen molar-refractivity contribution in [3.63, 3.8) is 0 Å². The second kappa shape index (κ2) is 11.9. The Balaban J connectivity index is 1.59. The first-order valence-electron chi connectivity index (χ1n) is 13.1. The van der Waals surface area contributed by atoms with Crippen molar-refractivity contribution in [3.8, 4) is 22.6 Å². The summed E-state index contributed by atoms with van der Waals surface area (Å²) in [5, 5.41) is 22.0. The van der Waals surface area contributed by atoms with Crippen LogP contribution in [0.15, 0.2) is 42.6 Å². The highest BCUT2D eigenvalue weighted by molar-refractivity contribution is 6.59. The van der Waals surface area contributed by atoms with Gasteiger partial charge in [0, 0.05) is 59.9 Å². The molecule has 1 fully saturated rings. The quantitative estimate of drug-likeness (QED) is 0.242. The van der Waals surface area contributed by atoms with Crippen molar-refractivity contribution in [3.05, 3.63) is 65.1 Å². The molecule has 0 saturated carbocycles. The van der Waals surface area contributed by atoms with Crippen LogP contribution in [-0.4, -0.2) is 84.4 Å². The number of fused-ring (bicyclic) bond motifs is 1. The number of likely N-dealkylation sites (tertiary alicyclic amines) is 1. The van der Waals surface area contributed by atoms with Gasteiger partial charge in [-0.25, -0.2) is 4.39 Å². The Hall–Kier alpha value is -3.50. The molecule has 5 nitrogen and oxygen atoms in total. The Labute approximate surface area is 249 Å². The number of halogens is 5. The number of benzene rings is 3. The lowest BCUT2D eigenvalue weighted by Crippen LogP contribution is -2.50. The van der Waals surface area contributed by atoms with Crippen molar-refractivity contribution in [1.82, 2.24) is 9.88 Å². The van der Waals surface area contributed by atoms with E-state index in [4.69, 9.17) is 36.1 Å². The molecule has 3 aromatic carbocycles. The van der Waals surface area contributed by atoms with Gasteiger partial charge in [0.1, 0.15) is 61.4 Å². The van der Waals surface area contributed by atoms with Crippen LogP contribution >= 0.6 is 0 Å². The molecule has 1 aliphatic heterocycles. The summed E-state index contributed by atoms with van der Waals surface area (Å²) >= 11 is 0. The number of ether oxygens (including phenoxy) is 1. The molecular formula is C29H21B4F5N2O3. The van der Waals surface area contributed by atoms with E-state index in [0.29, 0.717) is 31.8 Å². The van der Waals surface area contributed by atoms with Crippen LogP contribution in [0.1, 0.15) is 22.8 Å². The Bertz CT molecular complexity index is 1670. The third-order valence-corrected chi connectivity index (χ3v) is 7.58. The summed E-state index contributed by atoms with van der Waals surface area (Å²) in [6.45, 7) is 1.41. The molecule has 5 rings (SSSR count). The number of aromatic hydroxyl groups is 1. The van der Waals surface area contributed by atoms with Crippen LogP contribution in [0.3, 0.4) is 0 Å². The van der Waals surface area contributed by atoms with Gasteiger partial charge in [0.15, 0.2) is 0 Å². The molecule has 4 aromatic rings. The zero-order valence-corrected chi connectivity index (χ0v) is 22.6. The van der Waals surface area contributed by atoms with Gasteiger partial charge in [-0.3, -0.25) is 14.3 Å². The molecule has 2 heterocycles. The Morgan fingerprint density at radius 1 is 0.953 bits per heavy atom. The van der Waals surface area contributed by atoms with E-state index in [1.165, 1.54) is 18.2 Å². The zero-order valence-electron chi connectivity index (χ0n) is 22.6. The molecule has 2 N–H and O–H groups in total. The summed E-state index contributed by atoms with van der Waals surface area (Å²) in [5.41, 5.74) is -2.12. The average molecular weight is 584 g/mol. The van der Waals surface area contributed by atoms with Gasteiger partial charge in [-0.2, -0.15) is 13.2 Å². The molecule has 43 heavy (non-hydrogen) atoms. The molecule has 212 valence electrons. The number of rotatable bonds is 8. The van der Waals surface area contributed by atoms with Crippen LogP contribution < -0.4 is 26.6 Å². The molecule has 0 bridgehead atoms. The topological polar surface area (TPSA) is 65.8 Å². The minimum Gasteiger partial charge on any atom is -0.508 e. The van der Waals surface area contributed by atoms with Crippen LogP contribution in [0.4, 0.5) is 22.0 Å². The first-order chi connectivity index (χ1) is 20.3. The van der Waals surface area contributed by atoms with Gasteiger partial charge in [0.2, 0.25) is 0 Å². The highest BCUT2D eigenvalue weighted by Gasteiger charge is 2.32. The minimum atomic E-state index is -4.78. The van der Waals surface area contributed by atoms with Gasteiger partial charge < -0.3 is 14.9 Å². The molecule has 0 amide bonds. The van der Waals surface area contributed by atoms with Gasteiger partial charge in [-0.15, -0.1) is 0 Å². The van der Waals surface area contributed by atoms with E-state index < -0.39 is 30.3 Å². The molecule has 0 aliphatic carbocycles. The normalized spacial score (nSPS) is 15.0. The molecule has 1 atom stereocenters. The van der Waals surface area contributed by atoms with Gasteiger partial charge in [0.25, 0.3) is 0 Å². The maximum Gasteiger partial charge on any atom is 0.416 e. The fraction of sp³-hybridized carbons (Fsp3) is 0.276. The minimum absolute atomic E-state index is 0.00336. The number of alkyl halides is 4. The number of aliphatic hydroxyl groups is 1. The van der Waals surface area contributed by atoms with E-state index in [9.17, 15) is 27.8 Å². The molecule has 1 unspecified atom stereocenters. The number of phenolic OH excluding ortho intramolecular Hbond substituents is 1. The van der Waals surface area contributed by atoms with Crippen LogP contribution in [0.5, 0.6) is 11.5 Å². The molecule has 8 radical (unpaired) electrons. The standard InChI is InChI=1S/C29H21B4F5N2O3/c30-23-22(24(31)26(33)28(25(23)32)43-6-5-40-11-13(9-34)12-40)27(42)21-17-4-2-15(41)8-20(17)39-10-18(21)16-3-1-14(7-19(16)35)29(36,37)38/h1-4,7-8,10,13,27,41-42H,5-6,9,11-12H2. The average Bonchev–Trinajstić information content (AvgIpc) is 2.93. The smallest absolute Gasteiger partial charge is 0.416 e.